The van der Waals surface area contributed by atoms with Gasteiger partial charge < -0.3 is 0 Å². The molecule has 1 atom stereocenters. The van der Waals surface area contributed by atoms with Gasteiger partial charge in [0.05, 0.1) is 0 Å². The maximum atomic E-state index is 12.9. The van der Waals surface area contributed by atoms with E-state index in [1.165, 1.54) is 6.07 Å². The van der Waals surface area contributed by atoms with Gasteiger partial charge in [-0.1, -0.05) is 19.9 Å². The number of alkyl halides is 1. The maximum Gasteiger partial charge on any atom is 0.159 e. The lowest BCUT2D eigenvalue weighted by Gasteiger charge is -2.11. The Kier molecular flexibility index (Phi) is 5.20. The lowest BCUT2D eigenvalue weighted by molar-refractivity contribution is 0.505. The molecule has 0 aliphatic rings. The Labute approximate surface area is 101 Å². The second-order valence-electron chi connectivity index (χ2n) is 4.51. The predicted octanol–water partition coefficient (Wildman–Crippen LogP) is 4.55. The van der Waals surface area contributed by atoms with Crippen molar-refractivity contribution < 1.29 is 8.78 Å². The quantitative estimate of drug-likeness (QED) is 0.669. The zero-order valence-corrected chi connectivity index (χ0v) is 10.4. The molecule has 1 unspecified atom stereocenters. The zero-order chi connectivity index (χ0) is 12.1. The minimum Gasteiger partial charge on any atom is -0.204 e. The van der Waals surface area contributed by atoms with Crippen LogP contribution in [-0.4, -0.2) is 5.38 Å². The van der Waals surface area contributed by atoms with Crippen LogP contribution in [0.15, 0.2) is 18.2 Å². The van der Waals surface area contributed by atoms with Gasteiger partial charge in [0.15, 0.2) is 11.6 Å². The second kappa shape index (κ2) is 6.19. The molecule has 1 aromatic carbocycles. The summed E-state index contributed by atoms with van der Waals surface area (Å²) in [4.78, 5) is 0. The number of aryl methyl sites for hydroxylation is 1. The highest BCUT2D eigenvalue weighted by molar-refractivity contribution is 6.20. The minimum atomic E-state index is -0.798. The van der Waals surface area contributed by atoms with E-state index in [-0.39, 0.29) is 5.38 Å². The van der Waals surface area contributed by atoms with Crippen LogP contribution in [0.2, 0.25) is 0 Å². The maximum absolute atomic E-state index is 12.9. The molecule has 90 valence electrons. The van der Waals surface area contributed by atoms with Crippen LogP contribution < -0.4 is 0 Å². The molecule has 0 heterocycles. The summed E-state index contributed by atoms with van der Waals surface area (Å²) in [5.41, 5.74) is 0.799. The monoisotopic (exact) mass is 246 g/mol. The van der Waals surface area contributed by atoms with Gasteiger partial charge in [-0.2, -0.15) is 0 Å². The van der Waals surface area contributed by atoms with E-state index in [1.54, 1.807) is 6.07 Å². The first-order valence-corrected chi connectivity index (χ1v) is 6.00. The van der Waals surface area contributed by atoms with Gasteiger partial charge in [0.25, 0.3) is 0 Å². The van der Waals surface area contributed by atoms with Gasteiger partial charge >= 0.3 is 0 Å². The molecule has 0 radical (unpaired) electrons. The molecular weight excluding hydrogens is 230 g/mol. The smallest absolute Gasteiger partial charge is 0.159 e. The first-order chi connectivity index (χ1) is 7.49. The van der Waals surface area contributed by atoms with Crippen LogP contribution in [0.5, 0.6) is 0 Å². The van der Waals surface area contributed by atoms with Crippen LogP contribution in [0.1, 0.15) is 32.3 Å². The Morgan fingerprint density at radius 3 is 2.44 bits per heavy atom. The summed E-state index contributed by atoms with van der Waals surface area (Å²) in [7, 11) is 0. The van der Waals surface area contributed by atoms with Crippen molar-refractivity contribution in [2.45, 2.75) is 38.5 Å². The highest BCUT2D eigenvalue weighted by Gasteiger charge is 2.08. The molecule has 0 aliphatic carbocycles. The number of benzene rings is 1. The normalized spacial score (nSPS) is 13.1. The lowest BCUT2D eigenvalue weighted by Crippen LogP contribution is -2.05. The average Bonchev–Trinajstić information content (AvgIpc) is 2.19. The fraction of sp³-hybridized carbons (Fsp3) is 0.538. The van der Waals surface area contributed by atoms with E-state index in [4.69, 9.17) is 11.6 Å². The number of hydrogen-bond donors (Lipinski definition) is 0. The predicted molar refractivity (Wildman–Crippen MR) is 63.8 cm³/mol. The summed E-state index contributed by atoms with van der Waals surface area (Å²) in [6.07, 6.45) is 2.44. The summed E-state index contributed by atoms with van der Waals surface area (Å²) < 4.78 is 25.6. The molecule has 0 saturated carbocycles. The number of hydrogen-bond acceptors (Lipinski definition) is 0. The van der Waals surface area contributed by atoms with E-state index in [0.29, 0.717) is 12.3 Å². The van der Waals surface area contributed by atoms with Crippen molar-refractivity contribution in [2.24, 2.45) is 5.92 Å². The van der Waals surface area contributed by atoms with E-state index in [9.17, 15) is 8.78 Å². The molecule has 1 rings (SSSR count). The highest BCUT2D eigenvalue weighted by atomic mass is 35.5. The van der Waals surface area contributed by atoms with Crippen molar-refractivity contribution in [2.75, 3.05) is 0 Å². The van der Waals surface area contributed by atoms with Gasteiger partial charge in [0.1, 0.15) is 0 Å². The molecule has 0 spiro atoms. The summed E-state index contributed by atoms with van der Waals surface area (Å²) in [5, 5.41) is 0.105. The van der Waals surface area contributed by atoms with Gasteiger partial charge in [-0.25, -0.2) is 8.78 Å². The minimum absolute atomic E-state index is 0.105. The van der Waals surface area contributed by atoms with E-state index < -0.39 is 11.6 Å². The molecule has 0 saturated heterocycles. The van der Waals surface area contributed by atoms with E-state index in [1.807, 2.05) is 0 Å². The first kappa shape index (κ1) is 13.4. The van der Waals surface area contributed by atoms with Crippen LogP contribution >= 0.6 is 11.6 Å². The van der Waals surface area contributed by atoms with E-state index in [0.717, 1.165) is 24.5 Å². The fourth-order valence-corrected chi connectivity index (χ4v) is 2.11. The van der Waals surface area contributed by atoms with Gasteiger partial charge in [-0.15, -0.1) is 11.6 Å². The molecule has 0 aromatic heterocycles. The van der Waals surface area contributed by atoms with Crippen molar-refractivity contribution >= 4 is 11.6 Å². The third-order valence-corrected chi connectivity index (χ3v) is 2.85. The molecule has 0 bridgehead atoms. The third-order valence-electron chi connectivity index (χ3n) is 2.46. The molecule has 0 amide bonds. The summed E-state index contributed by atoms with van der Waals surface area (Å²) in [6.45, 7) is 4.24. The van der Waals surface area contributed by atoms with Crippen LogP contribution in [0.4, 0.5) is 8.78 Å². The molecule has 0 N–H and O–H groups in total. The molecule has 3 heteroatoms. The Bertz CT molecular complexity index is 337. The molecular formula is C13H17ClF2. The van der Waals surface area contributed by atoms with E-state index >= 15 is 0 Å². The largest absolute Gasteiger partial charge is 0.204 e. The van der Waals surface area contributed by atoms with Crippen molar-refractivity contribution in [3.05, 3.63) is 35.4 Å². The van der Waals surface area contributed by atoms with Gasteiger partial charge in [0, 0.05) is 5.38 Å². The van der Waals surface area contributed by atoms with Gasteiger partial charge in [-0.3, -0.25) is 0 Å². The Balaban J connectivity index is 2.45. The van der Waals surface area contributed by atoms with Gasteiger partial charge in [-0.05, 0) is 42.9 Å². The molecule has 1 aromatic rings. The van der Waals surface area contributed by atoms with Crippen molar-refractivity contribution in [3.63, 3.8) is 0 Å². The molecule has 0 fully saturated rings. The number of rotatable bonds is 5. The topological polar surface area (TPSA) is 0 Å². The average molecular weight is 247 g/mol. The van der Waals surface area contributed by atoms with Crippen LogP contribution in [0.25, 0.3) is 0 Å². The lowest BCUT2D eigenvalue weighted by atomic mass is 10.0. The van der Waals surface area contributed by atoms with Crippen molar-refractivity contribution in [1.82, 2.24) is 0 Å². The van der Waals surface area contributed by atoms with E-state index in [2.05, 4.69) is 13.8 Å². The Hall–Kier alpha value is -0.630. The van der Waals surface area contributed by atoms with Gasteiger partial charge in [0.2, 0.25) is 0 Å². The van der Waals surface area contributed by atoms with Crippen molar-refractivity contribution in [1.29, 1.82) is 0 Å². The molecule has 0 aliphatic heterocycles. The fourth-order valence-electron chi connectivity index (χ4n) is 1.65. The first-order valence-electron chi connectivity index (χ1n) is 5.57. The SMILES string of the molecule is CC(C)CC(Cl)CCc1ccc(F)c(F)c1. The molecule has 0 nitrogen and oxygen atoms in total. The summed E-state index contributed by atoms with van der Waals surface area (Å²) in [6, 6.07) is 4.02. The van der Waals surface area contributed by atoms with Crippen LogP contribution in [0.3, 0.4) is 0 Å². The van der Waals surface area contributed by atoms with Crippen LogP contribution in [0, 0.1) is 17.6 Å². The summed E-state index contributed by atoms with van der Waals surface area (Å²) in [5.74, 6) is -1.02. The Morgan fingerprint density at radius 1 is 1.19 bits per heavy atom. The highest BCUT2D eigenvalue weighted by Crippen LogP contribution is 2.18. The standard InChI is InChI=1S/C13H17ClF2/c1-9(2)7-11(14)5-3-10-4-6-12(15)13(16)8-10/h4,6,8-9,11H,3,5,7H2,1-2H3. The van der Waals surface area contributed by atoms with Crippen LogP contribution in [-0.2, 0) is 6.42 Å². The zero-order valence-electron chi connectivity index (χ0n) is 9.64. The van der Waals surface area contributed by atoms with Crippen molar-refractivity contribution in [3.8, 4) is 0 Å². The second-order valence-corrected chi connectivity index (χ2v) is 5.13. The number of halogens is 3. The Morgan fingerprint density at radius 2 is 1.88 bits per heavy atom. The summed E-state index contributed by atoms with van der Waals surface area (Å²) >= 11 is 6.13. The third kappa shape index (κ3) is 4.48. The molecule has 16 heavy (non-hydrogen) atoms.